The SMILES string of the molecule is Cc1ccccc1[C@]1([C@H](O)[C@@H]2CN3CCC2CC3)C=CC=C[C@@H]1C. The Kier molecular flexibility index (Phi) is 4.14. The highest BCUT2D eigenvalue weighted by Crippen LogP contribution is 2.47. The number of aliphatic hydroxyl groups is 1. The lowest BCUT2D eigenvalue weighted by atomic mass is 9.58. The largest absolute Gasteiger partial charge is 0.391 e. The molecule has 2 bridgehead atoms. The van der Waals surface area contributed by atoms with E-state index in [1.165, 1.54) is 37.1 Å². The summed E-state index contributed by atoms with van der Waals surface area (Å²) in [5, 5.41) is 11.7. The second kappa shape index (κ2) is 6.16. The number of benzene rings is 1. The molecule has 5 rings (SSSR count). The van der Waals surface area contributed by atoms with Gasteiger partial charge in [0.05, 0.1) is 6.10 Å². The molecule has 1 aliphatic carbocycles. The fourth-order valence-electron chi connectivity index (χ4n) is 5.40. The fraction of sp³-hybridized carbons (Fsp3) is 0.545. The minimum Gasteiger partial charge on any atom is -0.391 e. The highest BCUT2D eigenvalue weighted by molar-refractivity contribution is 5.44. The zero-order valence-corrected chi connectivity index (χ0v) is 14.9. The first kappa shape index (κ1) is 16.1. The summed E-state index contributed by atoms with van der Waals surface area (Å²) in [7, 11) is 0. The predicted octanol–water partition coefficient (Wildman–Crippen LogP) is 3.70. The third kappa shape index (κ3) is 2.39. The number of hydrogen-bond acceptors (Lipinski definition) is 2. The van der Waals surface area contributed by atoms with E-state index in [1.807, 2.05) is 0 Å². The quantitative estimate of drug-likeness (QED) is 0.917. The molecule has 2 heteroatoms. The van der Waals surface area contributed by atoms with Crippen LogP contribution in [0.25, 0.3) is 0 Å². The van der Waals surface area contributed by atoms with Gasteiger partial charge in [-0.2, -0.15) is 0 Å². The number of aryl methyl sites for hydroxylation is 1. The summed E-state index contributed by atoms with van der Waals surface area (Å²) in [4.78, 5) is 2.55. The van der Waals surface area contributed by atoms with Crippen LogP contribution >= 0.6 is 0 Å². The summed E-state index contributed by atoms with van der Waals surface area (Å²) in [6.07, 6.45) is 11.0. The van der Waals surface area contributed by atoms with Crippen molar-refractivity contribution >= 4 is 0 Å². The van der Waals surface area contributed by atoms with E-state index in [1.54, 1.807) is 0 Å². The van der Waals surface area contributed by atoms with Crippen molar-refractivity contribution < 1.29 is 5.11 Å². The van der Waals surface area contributed by atoms with E-state index in [9.17, 15) is 5.11 Å². The van der Waals surface area contributed by atoms with Gasteiger partial charge < -0.3 is 10.0 Å². The lowest BCUT2D eigenvalue weighted by Gasteiger charge is -2.52. The van der Waals surface area contributed by atoms with Gasteiger partial charge in [-0.05, 0) is 55.8 Å². The number of allylic oxidation sites excluding steroid dienone is 3. The Hall–Kier alpha value is -1.38. The molecule has 128 valence electrons. The Bertz CT molecular complexity index is 656. The molecular formula is C22H29NO. The molecule has 24 heavy (non-hydrogen) atoms. The average molecular weight is 323 g/mol. The van der Waals surface area contributed by atoms with Crippen molar-refractivity contribution in [3.8, 4) is 0 Å². The summed E-state index contributed by atoms with van der Waals surface area (Å²) in [5.41, 5.74) is 2.27. The standard InChI is InChI=1S/C22H29NO/c1-16-7-3-4-9-20(16)22(12-6-5-8-17(22)2)21(24)19-15-23-13-10-18(19)11-14-23/h3-9,12,17-19,21,24H,10-11,13-15H2,1-2H3/t17-,19+,21+,22-/m0/s1. The number of aliphatic hydroxyl groups excluding tert-OH is 1. The third-order valence-electron chi connectivity index (χ3n) is 6.85. The Morgan fingerprint density at radius 3 is 2.54 bits per heavy atom. The molecular weight excluding hydrogens is 294 g/mol. The molecule has 4 atom stereocenters. The van der Waals surface area contributed by atoms with Crippen molar-refractivity contribution in [1.29, 1.82) is 0 Å². The summed E-state index contributed by atoms with van der Waals surface area (Å²) in [6, 6.07) is 8.62. The highest BCUT2D eigenvalue weighted by atomic mass is 16.3. The topological polar surface area (TPSA) is 23.5 Å². The van der Waals surface area contributed by atoms with Crippen LogP contribution < -0.4 is 0 Å². The highest BCUT2D eigenvalue weighted by Gasteiger charge is 2.50. The van der Waals surface area contributed by atoms with Gasteiger partial charge in [0, 0.05) is 17.9 Å². The lowest BCUT2D eigenvalue weighted by molar-refractivity contribution is -0.0576. The minimum atomic E-state index is -0.331. The van der Waals surface area contributed by atoms with Gasteiger partial charge in [-0.25, -0.2) is 0 Å². The molecule has 3 heterocycles. The van der Waals surface area contributed by atoms with Crippen LogP contribution in [0.4, 0.5) is 0 Å². The van der Waals surface area contributed by atoms with Gasteiger partial charge >= 0.3 is 0 Å². The Labute approximate surface area is 145 Å². The first-order valence-corrected chi connectivity index (χ1v) is 9.45. The second-order valence-corrected chi connectivity index (χ2v) is 8.03. The molecule has 0 radical (unpaired) electrons. The van der Waals surface area contributed by atoms with Crippen LogP contribution in [-0.4, -0.2) is 35.7 Å². The van der Waals surface area contributed by atoms with Gasteiger partial charge in [-0.3, -0.25) is 0 Å². The Morgan fingerprint density at radius 1 is 1.17 bits per heavy atom. The van der Waals surface area contributed by atoms with Crippen LogP contribution in [0.5, 0.6) is 0 Å². The van der Waals surface area contributed by atoms with Crippen molar-refractivity contribution in [1.82, 2.24) is 4.90 Å². The smallest absolute Gasteiger partial charge is 0.0720 e. The first-order chi connectivity index (χ1) is 11.6. The maximum Gasteiger partial charge on any atom is 0.0720 e. The van der Waals surface area contributed by atoms with Gasteiger partial charge in [0.1, 0.15) is 0 Å². The van der Waals surface area contributed by atoms with Crippen LogP contribution in [0.2, 0.25) is 0 Å². The van der Waals surface area contributed by atoms with Crippen molar-refractivity contribution in [3.05, 3.63) is 59.7 Å². The van der Waals surface area contributed by atoms with Gasteiger partial charge in [-0.15, -0.1) is 0 Å². The van der Waals surface area contributed by atoms with Crippen molar-refractivity contribution in [3.63, 3.8) is 0 Å². The number of hydrogen-bond donors (Lipinski definition) is 1. The molecule has 3 saturated heterocycles. The lowest BCUT2D eigenvalue weighted by Crippen LogP contribution is -2.57. The van der Waals surface area contributed by atoms with E-state index in [4.69, 9.17) is 0 Å². The van der Waals surface area contributed by atoms with Crippen LogP contribution in [0.1, 0.15) is 30.9 Å². The molecule has 2 nitrogen and oxygen atoms in total. The van der Waals surface area contributed by atoms with Crippen molar-refractivity contribution in [2.45, 2.75) is 38.2 Å². The average Bonchev–Trinajstić information content (AvgIpc) is 2.63. The minimum absolute atomic E-state index is 0.300. The summed E-state index contributed by atoms with van der Waals surface area (Å²) < 4.78 is 0. The van der Waals surface area contributed by atoms with E-state index in [0.29, 0.717) is 17.8 Å². The third-order valence-corrected chi connectivity index (χ3v) is 6.85. The maximum atomic E-state index is 11.7. The molecule has 0 saturated carbocycles. The predicted molar refractivity (Wildman–Crippen MR) is 99.0 cm³/mol. The van der Waals surface area contributed by atoms with Crippen LogP contribution in [0, 0.1) is 24.7 Å². The molecule has 3 fully saturated rings. The normalized spacial score (nSPS) is 39.1. The zero-order valence-electron chi connectivity index (χ0n) is 14.9. The maximum absolute atomic E-state index is 11.7. The van der Waals surface area contributed by atoms with Gasteiger partial charge in [0.2, 0.25) is 0 Å². The number of rotatable bonds is 3. The first-order valence-electron chi connectivity index (χ1n) is 9.45. The Balaban J connectivity index is 1.78. The molecule has 4 aliphatic rings. The van der Waals surface area contributed by atoms with Gasteiger partial charge in [0.25, 0.3) is 0 Å². The molecule has 0 spiro atoms. The second-order valence-electron chi connectivity index (χ2n) is 8.03. The van der Waals surface area contributed by atoms with Gasteiger partial charge in [0.15, 0.2) is 0 Å². The molecule has 0 amide bonds. The summed E-state index contributed by atoms with van der Waals surface area (Å²) in [5.74, 6) is 1.36. The monoisotopic (exact) mass is 323 g/mol. The fourth-order valence-corrected chi connectivity index (χ4v) is 5.40. The number of nitrogens with zero attached hydrogens (tertiary/aromatic N) is 1. The van der Waals surface area contributed by atoms with E-state index < -0.39 is 0 Å². The van der Waals surface area contributed by atoms with Crippen molar-refractivity contribution in [2.24, 2.45) is 17.8 Å². The van der Waals surface area contributed by atoms with Crippen LogP contribution in [0.3, 0.4) is 0 Å². The molecule has 1 aromatic rings. The summed E-state index contributed by atoms with van der Waals surface area (Å²) >= 11 is 0. The Morgan fingerprint density at radius 2 is 1.92 bits per heavy atom. The van der Waals surface area contributed by atoms with E-state index in [0.717, 1.165) is 6.54 Å². The van der Waals surface area contributed by atoms with Crippen molar-refractivity contribution in [2.75, 3.05) is 19.6 Å². The molecule has 0 unspecified atom stereocenters. The molecule has 1 aromatic carbocycles. The molecule has 3 aliphatic heterocycles. The molecule has 0 aromatic heterocycles. The number of piperidine rings is 3. The van der Waals surface area contributed by atoms with E-state index >= 15 is 0 Å². The number of fused-ring (bicyclic) bond motifs is 3. The molecule has 1 N–H and O–H groups in total. The zero-order chi connectivity index (χ0) is 16.7. The van der Waals surface area contributed by atoms with Crippen LogP contribution in [0.15, 0.2) is 48.6 Å². The summed E-state index contributed by atoms with van der Waals surface area (Å²) in [6.45, 7) is 7.94. The van der Waals surface area contributed by atoms with Gasteiger partial charge in [-0.1, -0.05) is 55.5 Å². The van der Waals surface area contributed by atoms with E-state index in [2.05, 4.69) is 67.3 Å². The van der Waals surface area contributed by atoms with Crippen LogP contribution in [-0.2, 0) is 5.41 Å². The van der Waals surface area contributed by atoms with E-state index in [-0.39, 0.29) is 11.5 Å².